The molecule has 0 fully saturated rings. The van der Waals surface area contributed by atoms with E-state index in [-0.39, 0.29) is 20.1 Å². The number of hydrogen-bond donors (Lipinski definition) is 0. The molecule has 0 saturated carbocycles. The summed E-state index contributed by atoms with van der Waals surface area (Å²) < 4.78 is 2.40. The molecule has 3 aromatic heterocycles. The molecule has 10 rings (SSSR count). The molecule has 0 spiro atoms. The first-order valence-electron chi connectivity index (χ1n) is 16.2. The molecule has 0 bridgehead atoms. The van der Waals surface area contributed by atoms with Gasteiger partial charge in [0.25, 0.3) is 0 Å². The second-order valence-electron chi connectivity index (χ2n) is 12.2. The average molecular weight is 808 g/mol. The fourth-order valence-corrected chi connectivity index (χ4v) is 7.24. The molecule has 4 nitrogen and oxygen atoms in total. The van der Waals surface area contributed by atoms with Crippen LogP contribution in [-0.2, 0) is 20.1 Å². The van der Waals surface area contributed by atoms with Gasteiger partial charge in [-0.25, -0.2) is 0 Å². The van der Waals surface area contributed by atoms with Crippen LogP contribution in [-0.4, -0.2) is 9.38 Å². The van der Waals surface area contributed by atoms with Gasteiger partial charge in [-0.1, -0.05) is 84.4 Å². The molecule has 49 heavy (non-hydrogen) atoms. The van der Waals surface area contributed by atoms with Crippen molar-refractivity contribution in [1.82, 2.24) is 9.38 Å². The second-order valence-corrected chi connectivity index (χ2v) is 12.2. The van der Waals surface area contributed by atoms with Crippen molar-refractivity contribution in [3.63, 3.8) is 0 Å². The van der Waals surface area contributed by atoms with E-state index in [1.165, 1.54) is 60.6 Å². The van der Waals surface area contributed by atoms with Crippen molar-refractivity contribution in [2.75, 3.05) is 9.80 Å². The van der Waals surface area contributed by atoms with Gasteiger partial charge in [-0.3, -0.25) is 0 Å². The topological polar surface area (TPSA) is 23.8 Å². The quantitative estimate of drug-likeness (QED) is 0.166. The molecule has 4 heterocycles. The van der Waals surface area contributed by atoms with Crippen LogP contribution in [0.15, 0.2) is 146 Å². The van der Waals surface area contributed by atoms with Crippen LogP contribution >= 0.6 is 0 Å². The molecule has 236 valence electrons. The summed E-state index contributed by atoms with van der Waals surface area (Å²) >= 11 is 0. The summed E-state index contributed by atoms with van der Waals surface area (Å²) in [5.74, 6) is 0. The van der Waals surface area contributed by atoms with Crippen LogP contribution in [0.3, 0.4) is 0 Å². The van der Waals surface area contributed by atoms with Gasteiger partial charge < -0.3 is 19.2 Å². The van der Waals surface area contributed by atoms with E-state index in [9.17, 15) is 0 Å². The predicted molar refractivity (Wildman–Crippen MR) is 199 cm³/mol. The van der Waals surface area contributed by atoms with Gasteiger partial charge in [-0.15, -0.1) is 59.7 Å². The van der Waals surface area contributed by atoms with E-state index in [2.05, 4.69) is 149 Å². The largest absolute Gasteiger partial charge is 3.00 e. The van der Waals surface area contributed by atoms with E-state index in [4.69, 9.17) is 0 Å². The zero-order chi connectivity index (χ0) is 32.2. The number of anilines is 4. The van der Waals surface area contributed by atoms with Gasteiger partial charge in [0.2, 0.25) is 0 Å². The molecule has 1 aliphatic rings. The van der Waals surface area contributed by atoms with E-state index in [0.717, 1.165) is 22.6 Å². The summed E-state index contributed by atoms with van der Waals surface area (Å²) in [6.07, 6.45) is 1.79. The Kier molecular flexibility index (Phi) is 7.88. The Labute approximate surface area is 299 Å². The number of fused-ring (bicyclic) bond motifs is 7. The van der Waals surface area contributed by atoms with Gasteiger partial charge in [0.05, 0.1) is 0 Å². The maximum atomic E-state index is 4.22. The Morgan fingerprint density at radius 3 is 2.02 bits per heavy atom. The van der Waals surface area contributed by atoms with Crippen molar-refractivity contribution in [3.8, 4) is 11.3 Å². The number of hydrogen-bond acceptors (Lipinski definition) is 3. The minimum atomic E-state index is 0. The molecule has 9 aromatic rings. The first-order valence-corrected chi connectivity index (χ1v) is 16.2. The Balaban J connectivity index is 0.000000228. The molecule has 0 aliphatic carbocycles. The normalized spacial score (nSPS) is 12.4. The maximum Gasteiger partial charge on any atom is 3.00 e. The van der Waals surface area contributed by atoms with Crippen molar-refractivity contribution in [3.05, 3.63) is 176 Å². The third-order valence-electron chi connectivity index (χ3n) is 9.36. The van der Waals surface area contributed by atoms with Gasteiger partial charge in [0.1, 0.15) is 0 Å². The number of pyridine rings is 1. The van der Waals surface area contributed by atoms with E-state index in [1.807, 2.05) is 42.5 Å². The first kappa shape index (κ1) is 30.8. The van der Waals surface area contributed by atoms with Crippen molar-refractivity contribution >= 4 is 60.8 Å². The van der Waals surface area contributed by atoms with Crippen LogP contribution in [0.2, 0.25) is 0 Å². The third-order valence-corrected chi connectivity index (χ3v) is 9.36. The van der Waals surface area contributed by atoms with Crippen LogP contribution in [0, 0.1) is 32.6 Å². The monoisotopic (exact) mass is 808 g/mol. The number of benzene rings is 6. The molecule has 6 aromatic carbocycles. The number of nitrogens with zero attached hydrogens (tertiary/aromatic N) is 4. The van der Waals surface area contributed by atoms with Crippen molar-refractivity contribution < 1.29 is 20.1 Å². The Hall–Kier alpha value is -5.48. The van der Waals surface area contributed by atoms with Gasteiger partial charge >= 0.3 is 20.1 Å². The van der Waals surface area contributed by atoms with Crippen molar-refractivity contribution in [1.29, 1.82) is 0 Å². The van der Waals surface area contributed by atoms with Gasteiger partial charge in [0.15, 0.2) is 0 Å². The molecule has 0 saturated heterocycles. The molecular weight excluding hydrogens is 777 g/mol. The van der Waals surface area contributed by atoms with E-state index < -0.39 is 0 Å². The summed E-state index contributed by atoms with van der Waals surface area (Å²) in [6, 6.07) is 55.4. The summed E-state index contributed by atoms with van der Waals surface area (Å²) in [5, 5.41) is 5.15. The molecule has 0 amide bonds. The van der Waals surface area contributed by atoms with Crippen LogP contribution in [0.5, 0.6) is 0 Å². The van der Waals surface area contributed by atoms with Gasteiger partial charge in [-0.05, 0) is 60.3 Å². The molecule has 0 N–H and O–H groups in total. The summed E-state index contributed by atoms with van der Waals surface area (Å²) in [7, 11) is 0. The minimum Gasteiger partial charge on any atom is -0.493 e. The smallest absolute Gasteiger partial charge is 0.493 e. The average Bonchev–Trinajstić information content (AvgIpc) is 3.80. The zero-order valence-corrected chi connectivity index (χ0v) is 29.5. The summed E-state index contributed by atoms with van der Waals surface area (Å²) in [4.78, 5) is 8.81. The fraction of sp³-hybridized carbons (Fsp3) is 0.0455. The molecular formula is C44H31IrN4. The van der Waals surface area contributed by atoms with Gasteiger partial charge in [0, 0.05) is 45.1 Å². The van der Waals surface area contributed by atoms with Crippen molar-refractivity contribution in [2.24, 2.45) is 0 Å². The van der Waals surface area contributed by atoms with Crippen molar-refractivity contribution in [2.45, 2.75) is 13.8 Å². The molecule has 5 heteroatoms. The van der Waals surface area contributed by atoms with Crippen LogP contribution in [0.1, 0.15) is 11.1 Å². The Morgan fingerprint density at radius 2 is 1.27 bits per heavy atom. The van der Waals surface area contributed by atoms with Crippen LogP contribution < -0.4 is 9.80 Å². The third kappa shape index (κ3) is 5.05. The fourth-order valence-electron chi connectivity index (χ4n) is 7.24. The number of aryl methyl sites for hydroxylation is 2. The number of aromatic nitrogens is 2. The first-order chi connectivity index (χ1) is 23.7. The van der Waals surface area contributed by atoms with Gasteiger partial charge in [-0.2, -0.15) is 12.1 Å². The van der Waals surface area contributed by atoms with Crippen LogP contribution in [0.4, 0.5) is 22.7 Å². The zero-order valence-electron chi connectivity index (χ0n) is 27.1. The number of para-hydroxylation sites is 5. The Morgan fingerprint density at radius 1 is 0.592 bits per heavy atom. The molecule has 0 unspecified atom stereocenters. The second kappa shape index (κ2) is 12.5. The molecule has 0 atom stereocenters. The molecule has 1 aliphatic heterocycles. The summed E-state index contributed by atoms with van der Waals surface area (Å²) in [5.41, 5.74) is 12.9. The maximum absolute atomic E-state index is 4.22. The van der Waals surface area contributed by atoms with Crippen LogP contribution in [0.25, 0.3) is 49.4 Å². The minimum absolute atomic E-state index is 0. The molecule has 0 radical (unpaired) electrons. The SMILES string of the molecule is Cc1cccc(C)c1N1[CH-]N(c2[c-]cc3c(c2)c2cccc4c5ccccc5n3c24)c2ccccc21.[Ir+3].[c-]1ccccc1-c1ccccn1. The van der Waals surface area contributed by atoms with E-state index in [0.29, 0.717) is 0 Å². The summed E-state index contributed by atoms with van der Waals surface area (Å²) in [6.45, 7) is 6.58. The predicted octanol–water partition coefficient (Wildman–Crippen LogP) is 11.2. The number of rotatable bonds is 3. The van der Waals surface area contributed by atoms with E-state index in [1.54, 1.807) is 6.20 Å². The van der Waals surface area contributed by atoms with E-state index >= 15 is 0 Å². The standard InChI is InChI=1S/C33H23N3.C11H8N.Ir/c1-21-9-7-10-22(2)32(21)35-20-34(30-15-5-6-16-31(30)35)23-17-18-29-27(19-23)26-13-8-12-25-24-11-3-4-14-28(24)36(29)33(25)26;1-2-6-10(7-3-1)11-8-4-5-9-12-11;/h3-16,18-20H,1-2H3;1-6,8-9H;/q-2;-1;+3. The Bertz CT molecular complexity index is 2520.